The summed E-state index contributed by atoms with van der Waals surface area (Å²) in [6.07, 6.45) is 7.43. The molecular weight excluding hydrogens is 424 g/mol. The molecule has 1 heterocycles. The van der Waals surface area contributed by atoms with Gasteiger partial charge in [-0.2, -0.15) is 12.6 Å². The molecule has 1 aliphatic rings. The Morgan fingerprint density at radius 3 is 2.42 bits per heavy atom. The first-order chi connectivity index (χ1) is 14.5. The van der Waals surface area contributed by atoms with Crippen molar-refractivity contribution in [1.82, 2.24) is 0 Å². The lowest BCUT2D eigenvalue weighted by atomic mass is 9.76. The van der Waals surface area contributed by atoms with Crippen molar-refractivity contribution in [3.63, 3.8) is 0 Å². The molecule has 0 spiro atoms. The number of thiol groups is 1. The van der Waals surface area contributed by atoms with Crippen molar-refractivity contribution >= 4 is 39.4 Å². The van der Waals surface area contributed by atoms with Crippen LogP contribution in [0, 0.1) is 0 Å². The standard InChI is InChI=1S/C25H30N2O2S2/c1-18-16-20(19-6-8-21(9-7-19)27(4)14-15-30)12-13-26-24-11-10-22(31(5,28)29)17-23(24)25(18,2)3/h6-13,16-17,26,30H,1,14-15H2,2-5H3/p+1/b13-12-,20-16+. The van der Waals surface area contributed by atoms with Crippen LogP contribution < -0.4 is 10.2 Å². The third-order valence-corrected chi connectivity index (χ3v) is 7.20. The minimum absolute atomic E-state index is 0.328. The molecule has 2 aromatic rings. The van der Waals surface area contributed by atoms with Crippen LogP contribution in [-0.4, -0.2) is 34.0 Å². The van der Waals surface area contributed by atoms with Gasteiger partial charge in [-0.25, -0.2) is 8.42 Å². The maximum Gasteiger partial charge on any atom is 0.175 e. The SMILES string of the molecule is C=C1/C=C(c2ccc(N(C)CCS)cc2)\C=C/[NH2+]c2ccc(S(C)(=O)=O)cc2C1(C)C. The van der Waals surface area contributed by atoms with E-state index < -0.39 is 15.3 Å². The van der Waals surface area contributed by atoms with Gasteiger partial charge in [0.2, 0.25) is 0 Å². The Bertz CT molecular complexity index is 1140. The molecule has 0 radical (unpaired) electrons. The maximum absolute atomic E-state index is 12.1. The topological polar surface area (TPSA) is 54.0 Å². The van der Waals surface area contributed by atoms with Gasteiger partial charge in [-0.15, -0.1) is 0 Å². The summed E-state index contributed by atoms with van der Waals surface area (Å²) >= 11 is 4.31. The van der Waals surface area contributed by atoms with Gasteiger partial charge in [0.25, 0.3) is 0 Å². The van der Waals surface area contributed by atoms with E-state index in [1.807, 2.05) is 17.6 Å². The Hall–Kier alpha value is -2.28. The Kier molecular flexibility index (Phi) is 6.84. The summed E-state index contributed by atoms with van der Waals surface area (Å²) in [6, 6.07) is 13.8. The van der Waals surface area contributed by atoms with Crippen molar-refractivity contribution in [3.05, 3.63) is 84.1 Å². The van der Waals surface area contributed by atoms with Crippen LogP contribution in [0.3, 0.4) is 0 Å². The highest BCUT2D eigenvalue weighted by Gasteiger charge is 2.30. The van der Waals surface area contributed by atoms with Crippen LogP contribution in [0.2, 0.25) is 0 Å². The zero-order valence-corrected chi connectivity index (χ0v) is 20.3. The lowest BCUT2D eigenvalue weighted by Crippen LogP contribution is -2.71. The fourth-order valence-electron chi connectivity index (χ4n) is 3.66. The first kappa shape index (κ1) is 23.4. The van der Waals surface area contributed by atoms with Crippen LogP contribution in [0.4, 0.5) is 11.4 Å². The lowest BCUT2D eigenvalue weighted by molar-refractivity contribution is -0.497. The number of benzene rings is 2. The van der Waals surface area contributed by atoms with Crippen LogP contribution in [0.1, 0.15) is 25.0 Å². The van der Waals surface area contributed by atoms with Gasteiger partial charge in [-0.3, -0.25) is 5.32 Å². The largest absolute Gasteiger partial charge is 0.374 e. The highest BCUT2D eigenvalue weighted by Crippen LogP contribution is 2.38. The fraction of sp³-hybridized carbons (Fsp3) is 0.280. The molecule has 0 aliphatic carbocycles. The minimum atomic E-state index is -3.29. The third kappa shape index (κ3) is 5.14. The average molecular weight is 456 g/mol. The van der Waals surface area contributed by atoms with Gasteiger partial charge in [-0.1, -0.05) is 38.6 Å². The summed E-state index contributed by atoms with van der Waals surface area (Å²) in [4.78, 5) is 2.50. The van der Waals surface area contributed by atoms with E-state index in [-0.39, 0.29) is 0 Å². The van der Waals surface area contributed by atoms with Gasteiger partial charge in [0.1, 0.15) is 5.69 Å². The molecule has 0 unspecified atom stereocenters. The molecule has 0 saturated heterocycles. The van der Waals surface area contributed by atoms with Crippen molar-refractivity contribution in [2.75, 3.05) is 30.5 Å². The molecule has 0 amide bonds. The van der Waals surface area contributed by atoms with E-state index in [9.17, 15) is 8.42 Å². The molecule has 0 fully saturated rings. The van der Waals surface area contributed by atoms with Gasteiger partial charge in [0, 0.05) is 48.3 Å². The lowest BCUT2D eigenvalue weighted by Gasteiger charge is -2.27. The third-order valence-electron chi connectivity index (χ3n) is 5.89. The number of hydrogen-bond donors (Lipinski definition) is 2. The summed E-state index contributed by atoms with van der Waals surface area (Å²) in [5, 5.41) is 2.03. The van der Waals surface area contributed by atoms with E-state index in [2.05, 4.69) is 81.4 Å². The molecule has 164 valence electrons. The molecule has 2 N–H and O–H groups in total. The second-order valence-corrected chi connectivity index (χ2v) is 11.0. The van der Waals surface area contributed by atoms with Gasteiger partial charge in [-0.05, 0) is 47.1 Å². The Balaban J connectivity index is 2.02. The van der Waals surface area contributed by atoms with E-state index in [1.165, 1.54) is 6.26 Å². The molecule has 2 aromatic carbocycles. The van der Waals surface area contributed by atoms with Crippen LogP contribution in [0.25, 0.3) is 5.57 Å². The minimum Gasteiger partial charge on any atom is -0.374 e. The fourth-order valence-corrected chi connectivity index (χ4v) is 4.61. The van der Waals surface area contributed by atoms with E-state index in [0.29, 0.717) is 4.90 Å². The van der Waals surface area contributed by atoms with Crippen molar-refractivity contribution in [2.24, 2.45) is 0 Å². The molecule has 0 atom stereocenters. The Morgan fingerprint density at radius 2 is 1.81 bits per heavy atom. The van der Waals surface area contributed by atoms with E-state index >= 15 is 0 Å². The molecule has 3 rings (SSSR count). The van der Waals surface area contributed by atoms with Gasteiger partial charge >= 0.3 is 0 Å². The van der Waals surface area contributed by atoms with E-state index in [1.54, 1.807) is 12.1 Å². The van der Waals surface area contributed by atoms with Gasteiger partial charge in [0.15, 0.2) is 9.84 Å². The number of nitrogens with zero attached hydrogens (tertiary/aromatic N) is 1. The Labute approximate surface area is 191 Å². The number of nitrogens with two attached hydrogens (primary N) is 1. The summed E-state index contributed by atoms with van der Waals surface area (Å²) in [6.45, 7) is 9.42. The molecule has 31 heavy (non-hydrogen) atoms. The van der Waals surface area contributed by atoms with Gasteiger partial charge < -0.3 is 4.90 Å². The van der Waals surface area contributed by atoms with Crippen LogP contribution in [0.15, 0.2) is 77.9 Å². The van der Waals surface area contributed by atoms with Crippen LogP contribution in [0.5, 0.6) is 0 Å². The predicted octanol–water partition coefficient (Wildman–Crippen LogP) is 4.10. The first-order valence-corrected chi connectivity index (χ1v) is 12.8. The monoisotopic (exact) mass is 455 g/mol. The highest BCUT2D eigenvalue weighted by molar-refractivity contribution is 7.90. The summed E-state index contributed by atoms with van der Waals surface area (Å²) in [5.41, 5.74) is 5.75. The molecule has 0 bridgehead atoms. The quantitative estimate of drug-likeness (QED) is 0.527. The predicted molar refractivity (Wildman–Crippen MR) is 134 cm³/mol. The van der Waals surface area contributed by atoms with Crippen molar-refractivity contribution in [1.29, 1.82) is 0 Å². The summed E-state index contributed by atoms with van der Waals surface area (Å²) in [7, 11) is -1.23. The normalized spacial score (nSPS) is 18.7. The number of quaternary nitrogens is 1. The van der Waals surface area contributed by atoms with Crippen LogP contribution >= 0.6 is 12.6 Å². The summed E-state index contributed by atoms with van der Waals surface area (Å²) < 4.78 is 24.2. The second kappa shape index (κ2) is 9.07. The highest BCUT2D eigenvalue weighted by atomic mass is 32.2. The summed E-state index contributed by atoms with van der Waals surface area (Å²) in [5.74, 6) is 0.804. The first-order valence-electron chi connectivity index (χ1n) is 10.2. The number of fused-ring (bicyclic) bond motifs is 1. The van der Waals surface area contributed by atoms with Crippen molar-refractivity contribution in [3.8, 4) is 0 Å². The zero-order valence-electron chi connectivity index (χ0n) is 18.6. The average Bonchev–Trinajstić information content (AvgIpc) is 2.76. The molecule has 0 aromatic heterocycles. The Morgan fingerprint density at radius 1 is 1.13 bits per heavy atom. The second-order valence-electron chi connectivity index (χ2n) is 8.49. The number of hydrogen-bond acceptors (Lipinski definition) is 4. The van der Waals surface area contributed by atoms with Crippen LogP contribution in [-0.2, 0) is 15.3 Å². The maximum atomic E-state index is 12.1. The molecular formula is C25H31N2O2S2+. The molecule has 4 nitrogen and oxygen atoms in total. The van der Waals surface area contributed by atoms with Crippen molar-refractivity contribution in [2.45, 2.75) is 24.2 Å². The van der Waals surface area contributed by atoms with E-state index in [0.717, 1.165) is 45.9 Å². The smallest absolute Gasteiger partial charge is 0.175 e. The number of allylic oxidation sites excluding steroid dienone is 4. The zero-order chi connectivity index (χ0) is 22.8. The number of sulfone groups is 1. The molecule has 1 aliphatic heterocycles. The number of rotatable bonds is 5. The van der Waals surface area contributed by atoms with Gasteiger partial charge in [0.05, 0.1) is 11.1 Å². The number of anilines is 1. The molecule has 0 saturated carbocycles. The van der Waals surface area contributed by atoms with E-state index in [4.69, 9.17) is 0 Å². The molecule has 6 heteroatoms. The van der Waals surface area contributed by atoms with Crippen molar-refractivity contribution < 1.29 is 13.7 Å².